The molecule has 1 aliphatic heterocycles. The van der Waals surface area contributed by atoms with Crippen molar-refractivity contribution in [1.82, 2.24) is 0 Å². The fourth-order valence-electron chi connectivity index (χ4n) is 2.14. The first kappa shape index (κ1) is 12.6. The predicted molar refractivity (Wildman–Crippen MR) is 67.7 cm³/mol. The second kappa shape index (κ2) is 4.78. The van der Waals surface area contributed by atoms with Gasteiger partial charge in [-0.2, -0.15) is 0 Å². The summed E-state index contributed by atoms with van der Waals surface area (Å²) in [5.74, 6) is -1.05. The number of rotatable bonds is 3. The van der Waals surface area contributed by atoms with Gasteiger partial charge in [-0.1, -0.05) is 6.92 Å². The highest BCUT2D eigenvalue weighted by molar-refractivity contribution is 5.99. The van der Waals surface area contributed by atoms with Gasteiger partial charge in [0.1, 0.15) is 0 Å². The summed E-state index contributed by atoms with van der Waals surface area (Å²) in [5.41, 5.74) is 7.68. The van der Waals surface area contributed by atoms with Gasteiger partial charge in [-0.25, -0.2) is 4.79 Å². The fraction of sp³-hybridized carbons (Fsp3) is 0.385. The zero-order valence-electron chi connectivity index (χ0n) is 10.2. The van der Waals surface area contributed by atoms with Crippen LogP contribution < -0.4 is 10.6 Å². The van der Waals surface area contributed by atoms with Crippen LogP contribution in [0.15, 0.2) is 18.2 Å². The number of hydrogen-bond donors (Lipinski definition) is 2. The molecule has 1 aliphatic rings. The van der Waals surface area contributed by atoms with Gasteiger partial charge in [0.2, 0.25) is 5.91 Å². The maximum Gasteiger partial charge on any atom is 0.335 e. The lowest BCUT2D eigenvalue weighted by Crippen LogP contribution is -2.42. The van der Waals surface area contributed by atoms with Crippen LogP contribution in [0.1, 0.15) is 29.3 Å². The normalized spacial score (nSPS) is 15.3. The van der Waals surface area contributed by atoms with Gasteiger partial charge in [0.05, 0.1) is 11.6 Å². The lowest BCUT2D eigenvalue weighted by atomic mass is 10.1. The molecule has 2 rings (SSSR count). The number of carbonyl (C=O) groups excluding carboxylic acids is 1. The van der Waals surface area contributed by atoms with Crippen molar-refractivity contribution in [2.75, 3.05) is 11.4 Å². The first-order chi connectivity index (χ1) is 8.54. The van der Waals surface area contributed by atoms with Crippen LogP contribution in [-0.2, 0) is 11.2 Å². The van der Waals surface area contributed by atoms with Crippen LogP contribution in [0.4, 0.5) is 5.69 Å². The molecule has 1 atom stereocenters. The fourth-order valence-corrected chi connectivity index (χ4v) is 2.14. The van der Waals surface area contributed by atoms with Gasteiger partial charge in [0, 0.05) is 12.2 Å². The minimum atomic E-state index is -0.951. The number of nitrogens with two attached hydrogens (primary N) is 1. The van der Waals surface area contributed by atoms with Crippen molar-refractivity contribution in [2.45, 2.75) is 25.8 Å². The van der Waals surface area contributed by atoms with Crippen LogP contribution in [0, 0.1) is 0 Å². The molecule has 1 heterocycles. The largest absolute Gasteiger partial charge is 0.478 e. The standard InChI is InChI=1S/C13H16N2O3/c1-2-10(14)12(16)15-6-5-8-7-9(13(17)18)3-4-11(8)15/h3-4,7,10H,2,5-6,14H2,1H3,(H,17,18)/t10-/m0/s1. The molecular formula is C13H16N2O3. The number of aromatic carboxylic acids is 1. The van der Waals surface area contributed by atoms with Gasteiger partial charge < -0.3 is 15.7 Å². The average molecular weight is 248 g/mol. The summed E-state index contributed by atoms with van der Waals surface area (Å²) in [6.07, 6.45) is 1.27. The molecule has 5 nitrogen and oxygen atoms in total. The van der Waals surface area contributed by atoms with E-state index in [9.17, 15) is 9.59 Å². The molecule has 0 radical (unpaired) electrons. The van der Waals surface area contributed by atoms with Crippen molar-refractivity contribution >= 4 is 17.6 Å². The monoisotopic (exact) mass is 248 g/mol. The van der Waals surface area contributed by atoms with E-state index in [0.29, 0.717) is 19.4 Å². The third-order valence-corrected chi connectivity index (χ3v) is 3.25. The van der Waals surface area contributed by atoms with Crippen molar-refractivity contribution in [3.8, 4) is 0 Å². The third kappa shape index (κ3) is 2.09. The van der Waals surface area contributed by atoms with E-state index in [1.807, 2.05) is 6.92 Å². The molecule has 3 N–H and O–H groups in total. The zero-order chi connectivity index (χ0) is 13.3. The summed E-state index contributed by atoms with van der Waals surface area (Å²) in [6.45, 7) is 2.44. The molecule has 0 aromatic heterocycles. The number of nitrogens with zero attached hydrogens (tertiary/aromatic N) is 1. The first-order valence-electron chi connectivity index (χ1n) is 5.97. The Bertz CT molecular complexity index is 499. The number of benzene rings is 1. The van der Waals surface area contributed by atoms with E-state index < -0.39 is 12.0 Å². The van der Waals surface area contributed by atoms with Crippen molar-refractivity contribution in [1.29, 1.82) is 0 Å². The first-order valence-corrected chi connectivity index (χ1v) is 5.97. The molecule has 1 aromatic rings. The summed E-state index contributed by atoms with van der Waals surface area (Å²) in [5, 5.41) is 8.92. The Morgan fingerprint density at radius 2 is 2.22 bits per heavy atom. The number of carboxylic acids is 1. The summed E-state index contributed by atoms with van der Waals surface area (Å²) < 4.78 is 0. The van der Waals surface area contributed by atoms with Gasteiger partial charge in [-0.05, 0) is 36.6 Å². The Morgan fingerprint density at radius 3 is 2.83 bits per heavy atom. The Hall–Kier alpha value is -1.88. The van der Waals surface area contributed by atoms with Gasteiger partial charge in [-0.15, -0.1) is 0 Å². The van der Waals surface area contributed by atoms with Crippen molar-refractivity contribution in [3.05, 3.63) is 29.3 Å². The molecule has 1 aromatic carbocycles. The maximum atomic E-state index is 12.0. The van der Waals surface area contributed by atoms with Crippen LogP contribution in [0.3, 0.4) is 0 Å². The Kier molecular flexibility index (Phi) is 3.34. The highest BCUT2D eigenvalue weighted by Crippen LogP contribution is 2.29. The van der Waals surface area contributed by atoms with Gasteiger partial charge in [0.15, 0.2) is 0 Å². The lowest BCUT2D eigenvalue weighted by Gasteiger charge is -2.20. The second-order valence-corrected chi connectivity index (χ2v) is 4.40. The highest BCUT2D eigenvalue weighted by Gasteiger charge is 2.28. The average Bonchev–Trinajstić information content (AvgIpc) is 2.79. The third-order valence-electron chi connectivity index (χ3n) is 3.25. The number of anilines is 1. The van der Waals surface area contributed by atoms with Crippen LogP contribution in [0.5, 0.6) is 0 Å². The Balaban J connectivity index is 2.29. The maximum absolute atomic E-state index is 12.0. The molecule has 18 heavy (non-hydrogen) atoms. The lowest BCUT2D eigenvalue weighted by molar-refractivity contribution is -0.119. The molecule has 0 unspecified atom stereocenters. The highest BCUT2D eigenvalue weighted by atomic mass is 16.4. The van der Waals surface area contributed by atoms with Crippen LogP contribution in [0.2, 0.25) is 0 Å². The number of carbonyl (C=O) groups is 2. The minimum Gasteiger partial charge on any atom is -0.478 e. The van der Waals surface area contributed by atoms with E-state index in [-0.39, 0.29) is 11.5 Å². The van der Waals surface area contributed by atoms with E-state index in [2.05, 4.69) is 0 Å². The Labute approximate surface area is 105 Å². The zero-order valence-corrected chi connectivity index (χ0v) is 10.2. The molecule has 0 saturated heterocycles. The molecular weight excluding hydrogens is 232 g/mol. The quantitative estimate of drug-likeness (QED) is 0.836. The topological polar surface area (TPSA) is 83.6 Å². The summed E-state index contributed by atoms with van der Waals surface area (Å²) >= 11 is 0. The van der Waals surface area contributed by atoms with E-state index in [4.69, 9.17) is 10.8 Å². The number of hydrogen-bond acceptors (Lipinski definition) is 3. The number of carboxylic acid groups (broad SMARTS) is 1. The number of amides is 1. The summed E-state index contributed by atoms with van der Waals surface area (Å²) in [4.78, 5) is 24.6. The van der Waals surface area contributed by atoms with Crippen molar-refractivity contribution < 1.29 is 14.7 Å². The molecule has 5 heteroatoms. The molecule has 0 bridgehead atoms. The number of fused-ring (bicyclic) bond motifs is 1. The summed E-state index contributed by atoms with van der Waals surface area (Å²) in [7, 11) is 0. The van der Waals surface area contributed by atoms with Gasteiger partial charge >= 0.3 is 5.97 Å². The molecule has 0 fully saturated rings. The minimum absolute atomic E-state index is 0.0978. The van der Waals surface area contributed by atoms with Crippen LogP contribution in [-0.4, -0.2) is 29.6 Å². The van der Waals surface area contributed by atoms with Gasteiger partial charge in [0.25, 0.3) is 0 Å². The Morgan fingerprint density at radius 1 is 1.50 bits per heavy atom. The van der Waals surface area contributed by atoms with Crippen LogP contribution in [0.25, 0.3) is 0 Å². The molecule has 96 valence electrons. The second-order valence-electron chi connectivity index (χ2n) is 4.40. The molecule has 1 amide bonds. The summed E-state index contributed by atoms with van der Waals surface area (Å²) in [6, 6.07) is 4.34. The van der Waals surface area contributed by atoms with E-state index >= 15 is 0 Å². The molecule has 0 aliphatic carbocycles. The van der Waals surface area contributed by atoms with E-state index in [1.165, 1.54) is 6.07 Å². The SMILES string of the molecule is CC[C@H](N)C(=O)N1CCc2cc(C(=O)O)ccc21. The predicted octanol–water partition coefficient (Wildman–Crippen LogP) is 1.01. The van der Waals surface area contributed by atoms with E-state index in [0.717, 1.165) is 11.3 Å². The smallest absolute Gasteiger partial charge is 0.335 e. The molecule has 0 spiro atoms. The molecule has 0 saturated carbocycles. The van der Waals surface area contributed by atoms with Crippen molar-refractivity contribution in [3.63, 3.8) is 0 Å². The van der Waals surface area contributed by atoms with Gasteiger partial charge in [-0.3, -0.25) is 4.79 Å². The van der Waals surface area contributed by atoms with Crippen LogP contribution >= 0.6 is 0 Å². The van der Waals surface area contributed by atoms with Crippen molar-refractivity contribution in [2.24, 2.45) is 5.73 Å². The van der Waals surface area contributed by atoms with E-state index in [1.54, 1.807) is 17.0 Å².